The second-order valence-electron chi connectivity index (χ2n) is 6.34. The summed E-state index contributed by atoms with van der Waals surface area (Å²) in [6.07, 6.45) is 1.35. The molecule has 3 heteroatoms. The summed E-state index contributed by atoms with van der Waals surface area (Å²) in [7, 11) is 0. The molecule has 1 N–H and O–H groups in total. The number of rotatable bonds is 8. The third-order valence-corrected chi connectivity index (χ3v) is 4.08. The maximum absolute atomic E-state index is 3.48. The molecule has 3 nitrogen and oxygen atoms in total. The number of likely N-dealkylation sites (tertiary alicyclic amines) is 1. The van der Waals surface area contributed by atoms with Gasteiger partial charge >= 0.3 is 0 Å². The molecule has 1 aliphatic rings. The largest absolute Gasteiger partial charge is 0.316 e. The quantitative estimate of drug-likeness (QED) is 0.716. The van der Waals surface area contributed by atoms with Crippen LogP contribution in [0.1, 0.15) is 41.0 Å². The van der Waals surface area contributed by atoms with Crippen LogP contribution in [0.5, 0.6) is 0 Å². The Morgan fingerprint density at radius 2 is 1.89 bits per heavy atom. The van der Waals surface area contributed by atoms with E-state index in [2.05, 4.69) is 49.7 Å². The smallest absolute Gasteiger partial charge is 0.0235 e. The molecule has 1 atom stereocenters. The second-order valence-corrected chi connectivity index (χ2v) is 6.34. The Balaban J connectivity index is 2.37. The lowest BCUT2D eigenvalue weighted by Crippen LogP contribution is -2.42. The molecule has 108 valence electrons. The van der Waals surface area contributed by atoms with Gasteiger partial charge < -0.3 is 10.2 Å². The summed E-state index contributed by atoms with van der Waals surface area (Å²) >= 11 is 0. The van der Waals surface area contributed by atoms with Crippen molar-refractivity contribution in [2.75, 3.05) is 45.8 Å². The molecule has 1 rings (SSSR count). The van der Waals surface area contributed by atoms with Gasteiger partial charge in [0, 0.05) is 25.7 Å². The van der Waals surface area contributed by atoms with Crippen molar-refractivity contribution in [3.05, 3.63) is 0 Å². The molecule has 1 fully saturated rings. The molecule has 1 heterocycles. The minimum absolute atomic E-state index is 0.383. The van der Waals surface area contributed by atoms with Gasteiger partial charge in [-0.2, -0.15) is 0 Å². The van der Waals surface area contributed by atoms with Gasteiger partial charge in [0.25, 0.3) is 0 Å². The van der Waals surface area contributed by atoms with Gasteiger partial charge in [0.2, 0.25) is 0 Å². The Labute approximate surface area is 114 Å². The molecule has 0 aromatic carbocycles. The van der Waals surface area contributed by atoms with E-state index in [1.807, 2.05) is 0 Å². The molecule has 0 spiro atoms. The van der Waals surface area contributed by atoms with Gasteiger partial charge in [-0.05, 0) is 38.0 Å². The van der Waals surface area contributed by atoms with Crippen molar-refractivity contribution in [2.24, 2.45) is 5.41 Å². The van der Waals surface area contributed by atoms with Crippen LogP contribution >= 0.6 is 0 Å². The summed E-state index contributed by atoms with van der Waals surface area (Å²) in [6, 6.07) is 0.787. The molecule has 1 unspecified atom stereocenters. The summed E-state index contributed by atoms with van der Waals surface area (Å²) in [5.41, 5.74) is 0.383. The van der Waals surface area contributed by atoms with Crippen molar-refractivity contribution in [2.45, 2.75) is 47.1 Å². The van der Waals surface area contributed by atoms with Gasteiger partial charge in [-0.1, -0.05) is 34.6 Å². The number of nitrogens with zero attached hydrogens (tertiary/aromatic N) is 2. The van der Waals surface area contributed by atoms with E-state index in [0.29, 0.717) is 5.41 Å². The third-order valence-electron chi connectivity index (χ3n) is 4.08. The first-order valence-corrected chi connectivity index (χ1v) is 7.69. The Bertz CT molecular complexity index is 224. The first kappa shape index (κ1) is 15.9. The van der Waals surface area contributed by atoms with E-state index >= 15 is 0 Å². The topological polar surface area (TPSA) is 18.5 Å². The summed E-state index contributed by atoms with van der Waals surface area (Å²) < 4.78 is 0. The highest BCUT2D eigenvalue weighted by molar-refractivity contribution is 4.86. The van der Waals surface area contributed by atoms with E-state index < -0.39 is 0 Å². The summed E-state index contributed by atoms with van der Waals surface area (Å²) in [4.78, 5) is 5.26. The number of hydrogen-bond donors (Lipinski definition) is 1. The Morgan fingerprint density at radius 1 is 1.22 bits per heavy atom. The van der Waals surface area contributed by atoms with E-state index in [-0.39, 0.29) is 0 Å². The van der Waals surface area contributed by atoms with Crippen LogP contribution in [0, 0.1) is 5.41 Å². The molecule has 0 saturated carbocycles. The highest BCUT2D eigenvalue weighted by Gasteiger charge is 2.29. The Morgan fingerprint density at radius 3 is 2.44 bits per heavy atom. The zero-order chi connectivity index (χ0) is 13.6. The fraction of sp³-hybridized carbons (Fsp3) is 1.00. The first-order chi connectivity index (χ1) is 8.52. The van der Waals surface area contributed by atoms with E-state index in [4.69, 9.17) is 0 Å². The average molecular weight is 255 g/mol. The molecule has 0 aromatic heterocycles. The maximum Gasteiger partial charge on any atom is 0.0235 e. The van der Waals surface area contributed by atoms with Crippen LogP contribution in [-0.2, 0) is 0 Å². The number of nitrogens with one attached hydrogen (secondary N) is 1. The van der Waals surface area contributed by atoms with Gasteiger partial charge in [-0.25, -0.2) is 0 Å². The molecule has 1 saturated heterocycles. The molecule has 0 aliphatic carbocycles. The van der Waals surface area contributed by atoms with E-state index in [1.54, 1.807) is 0 Å². The lowest BCUT2D eigenvalue weighted by atomic mass is 9.93. The molecule has 1 aliphatic heterocycles. The van der Waals surface area contributed by atoms with Crippen LogP contribution in [0.3, 0.4) is 0 Å². The van der Waals surface area contributed by atoms with Gasteiger partial charge in [-0.3, -0.25) is 4.90 Å². The van der Waals surface area contributed by atoms with Crippen molar-refractivity contribution in [3.8, 4) is 0 Å². The molecule has 0 radical (unpaired) electrons. The molecule has 0 bridgehead atoms. The molecular formula is C15H33N3. The Kier molecular flexibility index (Phi) is 6.61. The van der Waals surface area contributed by atoms with E-state index in [0.717, 1.165) is 19.1 Å². The minimum Gasteiger partial charge on any atom is -0.316 e. The van der Waals surface area contributed by atoms with Crippen molar-refractivity contribution in [1.82, 2.24) is 15.1 Å². The maximum atomic E-state index is 3.48. The molecule has 0 aromatic rings. The monoisotopic (exact) mass is 255 g/mol. The first-order valence-electron chi connectivity index (χ1n) is 7.69. The van der Waals surface area contributed by atoms with Gasteiger partial charge in [0.05, 0.1) is 0 Å². The molecule has 0 amide bonds. The van der Waals surface area contributed by atoms with Crippen molar-refractivity contribution in [3.63, 3.8) is 0 Å². The van der Waals surface area contributed by atoms with Gasteiger partial charge in [-0.15, -0.1) is 0 Å². The lowest BCUT2D eigenvalue weighted by molar-refractivity contribution is 0.175. The van der Waals surface area contributed by atoms with E-state index in [9.17, 15) is 0 Å². The number of likely N-dealkylation sites (N-methyl/N-ethyl adjacent to an activating group) is 1. The van der Waals surface area contributed by atoms with Crippen LogP contribution in [0.2, 0.25) is 0 Å². The summed E-state index contributed by atoms with van der Waals surface area (Å²) in [5, 5.41) is 3.48. The van der Waals surface area contributed by atoms with Crippen molar-refractivity contribution in [1.29, 1.82) is 0 Å². The standard InChI is InChI=1S/C15H33N3/c1-6-16-12-15(4,5)13-17-10-9-14(11-17)18(7-2)8-3/h14,16H,6-13H2,1-5H3. The predicted octanol–water partition coefficient (Wildman–Crippen LogP) is 2.04. The molecular weight excluding hydrogens is 222 g/mol. The normalized spacial score (nSPS) is 22.0. The van der Waals surface area contributed by atoms with Crippen LogP contribution in [0.25, 0.3) is 0 Å². The zero-order valence-electron chi connectivity index (χ0n) is 13.1. The van der Waals surface area contributed by atoms with Crippen LogP contribution in [-0.4, -0.2) is 61.7 Å². The fourth-order valence-corrected chi connectivity index (χ4v) is 3.12. The second kappa shape index (κ2) is 7.46. The highest BCUT2D eigenvalue weighted by Crippen LogP contribution is 2.21. The highest BCUT2D eigenvalue weighted by atomic mass is 15.2. The average Bonchev–Trinajstić information content (AvgIpc) is 2.76. The predicted molar refractivity (Wildman–Crippen MR) is 80.1 cm³/mol. The third kappa shape index (κ3) is 4.87. The fourth-order valence-electron chi connectivity index (χ4n) is 3.12. The van der Waals surface area contributed by atoms with Crippen LogP contribution in [0.15, 0.2) is 0 Å². The van der Waals surface area contributed by atoms with E-state index in [1.165, 1.54) is 39.1 Å². The van der Waals surface area contributed by atoms with Crippen molar-refractivity contribution >= 4 is 0 Å². The summed E-state index contributed by atoms with van der Waals surface area (Å²) in [5.74, 6) is 0. The minimum atomic E-state index is 0.383. The van der Waals surface area contributed by atoms with Gasteiger partial charge in [0.15, 0.2) is 0 Å². The SMILES string of the molecule is CCNCC(C)(C)CN1CCC(N(CC)CC)C1. The van der Waals surface area contributed by atoms with Crippen LogP contribution in [0.4, 0.5) is 0 Å². The van der Waals surface area contributed by atoms with Gasteiger partial charge in [0.1, 0.15) is 0 Å². The lowest BCUT2D eigenvalue weighted by Gasteiger charge is -2.31. The van der Waals surface area contributed by atoms with Crippen LogP contribution < -0.4 is 5.32 Å². The Hall–Kier alpha value is -0.120. The zero-order valence-corrected chi connectivity index (χ0v) is 13.1. The van der Waals surface area contributed by atoms with Crippen molar-refractivity contribution < 1.29 is 0 Å². The molecule has 18 heavy (non-hydrogen) atoms. The summed E-state index contributed by atoms with van der Waals surface area (Å²) in [6.45, 7) is 19.8. The number of hydrogen-bond acceptors (Lipinski definition) is 3.